The van der Waals surface area contributed by atoms with E-state index in [1.807, 2.05) is 31.2 Å². The molecule has 0 unspecified atom stereocenters. The number of likely N-dealkylation sites (N-methyl/N-ethyl adjacent to an activating group) is 1. The second kappa shape index (κ2) is 10.1. The Balaban J connectivity index is 1.93. The van der Waals surface area contributed by atoms with Crippen LogP contribution < -0.4 is 19.1 Å². The number of anilines is 1. The predicted octanol–water partition coefficient (Wildman–Crippen LogP) is 1.70. The number of hydrogen-bond donors (Lipinski definition) is 1. The minimum absolute atomic E-state index is 0.166. The highest BCUT2D eigenvalue weighted by Gasteiger charge is 2.30. The van der Waals surface area contributed by atoms with Gasteiger partial charge >= 0.3 is 0 Å². The van der Waals surface area contributed by atoms with Crippen LogP contribution in [0.2, 0.25) is 0 Å². The maximum Gasteiger partial charge on any atom is 0.244 e. The molecule has 1 aliphatic heterocycles. The number of hydrogen-bond acceptors (Lipinski definition) is 6. The van der Waals surface area contributed by atoms with Gasteiger partial charge in [0.05, 0.1) is 11.9 Å². The molecule has 0 aliphatic carbocycles. The standard InChI is InChI=1S/C23H29N3O6S/c1-16-7-5-6-8-18(16)14-25(17(2)23(28)24-3)22(27)15-26(33(4,29)30)19-9-10-20-21(13-19)32-12-11-31-20/h5-10,13,17H,11-12,14-15H2,1-4H3,(H,24,28)/t17-/m0/s1. The Morgan fingerprint density at radius 2 is 1.76 bits per heavy atom. The van der Waals surface area contributed by atoms with E-state index in [9.17, 15) is 18.0 Å². The quantitative estimate of drug-likeness (QED) is 0.623. The van der Waals surface area contributed by atoms with E-state index < -0.39 is 28.5 Å². The van der Waals surface area contributed by atoms with Crippen LogP contribution in [0.15, 0.2) is 42.5 Å². The third-order valence-corrected chi connectivity index (χ3v) is 6.65. The minimum Gasteiger partial charge on any atom is -0.486 e. The van der Waals surface area contributed by atoms with Gasteiger partial charge in [-0.1, -0.05) is 24.3 Å². The number of ether oxygens (including phenoxy) is 2. The number of benzene rings is 2. The molecule has 2 aromatic rings. The van der Waals surface area contributed by atoms with Crippen molar-refractivity contribution in [3.05, 3.63) is 53.6 Å². The van der Waals surface area contributed by atoms with Gasteiger partial charge in [-0.3, -0.25) is 13.9 Å². The van der Waals surface area contributed by atoms with Crippen molar-refractivity contribution in [1.29, 1.82) is 0 Å². The van der Waals surface area contributed by atoms with E-state index in [0.717, 1.165) is 21.7 Å². The fraction of sp³-hybridized carbons (Fsp3) is 0.391. The van der Waals surface area contributed by atoms with E-state index in [1.165, 1.54) is 18.0 Å². The highest BCUT2D eigenvalue weighted by Crippen LogP contribution is 2.34. The van der Waals surface area contributed by atoms with Gasteiger partial charge in [0.25, 0.3) is 0 Å². The number of sulfonamides is 1. The van der Waals surface area contributed by atoms with Crippen LogP contribution in [0.5, 0.6) is 11.5 Å². The van der Waals surface area contributed by atoms with Crippen LogP contribution >= 0.6 is 0 Å². The molecule has 2 amide bonds. The topological polar surface area (TPSA) is 105 Å². The number of nitrogens with one attached hydrogen (secondary N) is 1. The van der Waals surface area contributed by atoms with Crippen molar-refractivity contribution >= 4 is 27.5 Å². The van der Waals surface area contributed by atoms with Gasteiger partial charge < -0.3 is 19.7 Å². The number of fused-ring (bicyclic) bond motifs is 1. The lowest BCUT2D eigenvalue weighted by Crippen LogP contribution is -2.50. The van der Waals surface area contributed by atoms with Crippen molar-refractivity contribution < 1.29 is 27.5 Å². The molecule has 10 heteroatoms. The van der Waals surface area contributed by atoms with Crippen molar-refractivity contribution in [2.24, 2.45) is 0 Å². The van der Waals surface area contributed by atoms with Gasteiger partial charge in [-0.05, 0) is 37.1 Å². The Morgan fingerprint density at radius 1 is 1.09 bits per heavy atom. The van der Waals surface area contributed by atoms with Crippen LogP contribution in [0, 0.1) is 6.92 Å². The summed E-state index contributed by atoms with van der Waals surface area (Å²) in [6.45, 7) is 3.99. The second-order valence-electron chi connectivity index (χ2n) is 7.84. The van der Waals surface area contributed by atoms with E-state index in [4.69, 9.17) is 9.47 Å². The zero-order chi connectivity index (χ0) is 24.2. The summed E-state index contributed by atoms with van der Waals surface area (Å²) < 4.78 is 37.3. The van der Waals surface area contributed by atoms with E-state index in [1.54, 1.807) is 19.1 Å². The van der Waals surface area contributed by atoms with E-state index in [2.05, 4.69) is 5.32 Å². The number of amides is 2. The zero-order valence-corrected chi connectivity index (χ0v) is 20.0. The molecular weight excluding hydrogens is 446 g/mol. The van der Waals surface area contributed by atoms with Gasteiger partial charge in [-0.2, -0.15) is 0 Å². The minimum atomic E-state index is -3.82. The SMILES string of the molecule is CNC(=O)[C@H](C)N(Cc1ccccc1C)C(=O)CN(c1ccc2c(c1)OCCO2)S(C)(=O)=O. The number of rotatable bonds is 8. The van der Waals surface area contributed by atoms with Crippen molar-refractivity contribution in [2.75, 3.05) is 37.4 Å². The molecule has 1 heterocycles. The summed E-state index contributed by atoms with van der Waals surface area (Å²) in [5, 5.41) is 2.55. The first-order valence-electron chi connectivity index (χ1n) is 10.5. The predicted molar refractivity (Wildman–Crippen MR) is 125 cm³/mol. The Hall–Kier alpha value is -3.27. The van der Waals surface area contributed by atoms with Gasteiger partial charge in [0.1, 0.15) is 25.8 Å². The Bertz CT molecular complexity index is 1130. The fourth-order valence-electron chi connectivity index (χ4n) is 3.56. The molecule has 0 aromatic heterocycles. The summed E-state index contributed by atoms with van der Waals surface area (Å²) in [5.74, 6) is 0.0753. The van der Waals surface area contributed by atoms with Crippen molar-refractivity contribution in [2.45, 2.75) is 26.4 Å². The molecule has 178 valence electrons. The summed E-state index contributed by atoms with van der Waals surface area (Å²) in [4.78, 5) is 27.2. The molecule has 2 aromatic carbocycles. The van der Waals surface area contributed by atoms with Crippen LogP contribution in [0.1, 0.15) is 18.1 Å². The van der Waals surface area contributed by atoms with Crippen LogP contribution in [0.3, 0.4) is 0 Å². The highest BCUT2D eigenvalue weighted by atomic mass is 32.2. The van der Waals surface area contributed by atoms with Crippen molar-refractivity contribution in [3.63, 3.8) is 0 Å². The largest absolute Gasteiger partial charge is 0.486 e. The van der Waals surface area contributed by atoms with Gasteiger partial charge in [0.15, 0.2) is 11.5 Å². The molecule has 0 bridgehead atoms. The summed E-state index contributed by atoms with van der Waals surface area (Å²) in [7, 11) is -2.32. The van der Waals surface area contributed by atoms with Crippen LogP contribution in [0.25, 0.3) is 0 Å². The van der Waals surface area contributed by atoms with Gasteiger partial charge in [-0.25, -0.2) is 8.42 Å². The number of carbonyl (C=O) groups excluding carboxylic acids is 2. The van der Waals surface area contributed by atoms with Crippen LogP contribution in [0.4, 0.5) is 5.69 Å². The van der Waals surface area contributed by atoms with Crippen molar-refractivity contribution in [3.8, 4) is 11.5 Å². The summed E-state index contributed by atoms with van der Waals surface area (Å²) >= 11 is 0. The first kappa shape index (κ1) is 24.4. The summed E-state index contributed by atoms with van der Waals surface area (Å²) in [6.07, 6.45) is 1.03. The average Bonchev–Trinajstić information content (AvgIpc) is 2.79. The highest BCUT2D eigenvalue weighted by molar-refractivity contribution is 7.92. The Labute approximate surface area is 194 Å². The van der Waals surface area contributed by atoms with E-state index in [0.29, 0.717) is 24.7 Å². The summed E-state index contributed by atoms with van der Waals surface area (Å²) in [5.41, 5.74) is 2.11. The molecule has 1 atom stereocenters. The monoisotopic (exact) mass is 475 g/mol. The molecule has 0 fully saturated rings. The lowest BCUT2D eigenvalue weighted by atomic mass is 10.1. The van der Waals surface area contributed by atoms with E-state index >= 15 is 0 Å². The van der Waals surface area contributed by atoms with Gasteiger partial charge in [-0.15, -0.1) is 0 Å². The molecule has 0 spiro atoms. The number of nitrogens with zero attached hydrogens (tertiary/aromatic N) is 2. The fourth-order valence-corrected chi connectivity index (χ4v) is 4.40. The zero-order valence-electron chi connectivity index (χ0n) is 19.2. The molecule has 0 saturated heterocycles. The molecule has 3 rings (SSSR count). The van der Waals surface area contributed by atoms with E-state index in [-0.39, 0.29) is 18.1 Å². The maximum atomic E-state index is 13.4. The third-order valence-electron chi connectivity index (χ3n) is 5.51. The summed E-state index contributed by atoms with van der Waals surface area (Å²) in [6, 6.07) is 11.5. The maximum absolute atomic E-state index is 13.4. The number of aryl methyl sites for hydroxylation is 1. The van der Waals surface area contributed by atoms with Gasteiger partial charge in [0, 0.05) is 19.7 Å². The lowest BCUT2D eigenvalue weighted by molar-refractivity contribution is -0.139. The molecule has 0 saturated carbocycles. The average molecular weight is 476 g/mol. The van der Waals surface area contributed by atoms with Crippen LogP contribution in [-0.4, -0.2) is 64.2 Å². The molecular formula is C23H29N3O6S. The van der Waals surface area contributed by atoms with Crippen LogP contribution in [-0.2, 0) is 26.2 Å². The molecule has 1 aliphatic rings. The third kappa shape index (κ3) is 5.75. The van der Waals surface area contributed by atoms with Crippen molar-refractivity contribution in [1.82, 2.24) is 10.2 Å². The molecule has 9 nitrogen and oxygen atoms in total. The molecule has 1 N–H and O–H groups in total. The normalized spacial score (nSPS) is 13.7. The molecule has 0 radical (unpaired) electrons. The Kier molecular flexibility index (Phi) is 7.47. The number of carbonyl (C=O) groups is 2. The smallest absolute Gasteiger partial charge is 0.244 e. The first-order chi connectivity index (χ1) is 15.6. The second-order valence-corrected chi connectivity index (χ2v) is 9.74. The molecule has 33 heavy (non-hydrogen) atoms. The van der Waals surface area contributed by atoms with Gasteiger partial charge in [0.2, 0.25) is 21.8 Å². The lowest BCUT2D eigenvalue weighted by Gasteiger charge is -2.32. The first-order valence-corrected chi connectivity index (χ1v) is 12.4. The Morgan fingerprint density at radius 3 is 2.39 bits per heavy atom.